The molecule has 1 unspecified atom stereocenters. The summed E-state index contributed by atoms with van der Waals surface area (Å²) < 4.78 is 1.10. The third-order valence-electron chi connectivity index (χ3n) is 3.12. The van der Waals surface area contributed by atoms with E-state index in [0.717, 1.165) is 16.6 Å². The molecule has 0 aliphatic heterocycles. The second-order valence-corrected chi connectivity index (χ2v) is 6.64. The molecule has 0 bridgehead atoms. The lowest BCUT2D eigenvalue weighted by molar-refractivity contribution is 0.690. The molecule has 0 aliphatic rings. The third kappa shape index (κ3) is 3.19. The first-order chi connectivity index (χ1) is 8.60. The molecule has 4 heteroatoms. The van der Waals surface area contributed by atoms with E-state index in [1.807, 2.05) is 0 Å². The van der Waals surface area contributed by atoms with Gasteiger partial charge in [-0.25, -0.2) is 4.98 Å². The lowest BCUT2D eigenvalue weighted by Crippen LogP contribution is -2.14. The van der Waals surface area contributed by atoms with E-state index in [9.17, 15) is 0 Å². The number of aryl methyl sites for hydroxylation is 2. The molecule has 0 aliphatic carbocycles. The number of aromatic nitrogens is 1. The van der Waals surface area contributed by atoms with Crippen LogP contribution in [0.2, 0.25) is 0 Å². The van der Waals surface area contributed by atoms with Crippen LogP contribution in [0.5, 0.6) is 0 Å². The number of thiazole rings is 1. The smallest absolute Gasteiger partial charge is 0.0937 e. The summed E-state index contributed by atoms with van der Waals surface area (Å²) in [5.74, 6) is 0.350. The maximum Gasteiger partial charge on any atom is 0.0937 e. The zero-order valence-corrected chi connectivity index (χ0v) is 13.0. The highest BCUT2D eigenvalue weighted by atomic mass is 79.9. The van der Waals surface area contributed by atoms with Gasteiger partial charge in [0, 0.05) is 21.7 Å². The molecule has 1 aromatic heterocycles. The Balaban J connectivity index is 2.16. The summed E-state index contributed by atoms with van der Waals surface area (Å²) in [6.45, 7) is 4.83. The van der Waals surface area contributed by atoms with Crippen molar-refractivity contribution in [2.75, 3.05) is 6.54 Å². The van der Waals surface area contributed by atoms with Crippen LogP contribution in [-0.2, 0) is 6.42 Å². The first-order valence-electron chi connectivity index (χ1n) is 5.98. The number of nitrogens with zero attached hydrogens (tertiary/aromatic N) is 1. The Morgan fingerprint density at radius 3 is 2.44 bits per heavy atom. The Labute approximate surface area is 120 Å². The molecule has 0 fully saturated rings. The van der Waals surface area contributed by atoms with Crippen LogP contribution >= 0.6 is 27.3 Å². The van der Waals surface area contributed by atoms with Gasteiger partial charge in [-0.1, -0.05) is 28.1 Å². The standard InChI is InChI=1S/C14H17BrN2S/c1-9-10(2)18-14(17-9)7-12(8-16)11-3-5-13(15)6-4-11/h3-6,12H,7-8,16H2,1-2H3. The molecule has 0 spiro atoms. The summed E-state index contributed by atoms with van der Waals surface area (Å²) in [7, 11) is 0. The van der Waals surface area contributed by atoms with Crippen LogP contribution in [-0.4, -0.2) is 11.5 Å². The van der Waals surface area contributed by atoms with Gasteiger partial charge in [0.2, 0.25) is 0 Å². The van der Waals surface area contributed by atoms with Gasteiger partial charge in [0.1, 0.15) is 0 Å². The minimum atomic E-state index is 0.350. The average Bonchev–Trinajstić information content (AvgIpc) is 2.67. The summed E-state index contributed by atoms with van der Waals surface area (Å²) in [4.78, 5) is 5.90. The van der Waals surface area contributed by atoms with Crippen molar-refractivity contribution < 1.29 is 0 Å². The predicted molar refractivity (Wildman–Crippen MR) is 81.2 cm³/mol. The van der Waals surface area contributed by atoms with E-state index in [-0.39, 0.29) is 0 Å². The predicted octanol–water partition coefficient (Wildman–Crippen LogP) is 3.81. The number of halogens is 1. The molecule has 2 nitrogen and oxygen atoms in total. The molecule has 96 valence electrons. The van der Waals surface area contributed by atoms with Crippen LogP contribution in [0.4, 0.5) is 0 Å². The zero-order chi connectivity index (χ0) is 13.1. The van der Waals surface area contributed by atoms with E-state index in [1.54, 1.807) is 11.3 Å². The molecule has 1 atom stereocenters. The molecule has 2 rings (SSSR count). The van der Waals surface area contributed by atoms with E-state index in [2.05, 4.69) is 59.0 Å². The molecule has 0 saturated carbocycles. The van der Waals surface area contributed by atoms with Crippen LogP contribution in [0, 0.1) is 13.8 Å². The van der Waals surface area contributed by atoms with Crippen molar-refractivity contribution in [1.82, 2.24) is 4.98 Å². The maximum absolute atomic E-state index is 5.90. The lowest BCUT2D eigenvalue weighted by Gasteiger charge is -2.13. The highest BCUT2D eigenvalue weighted by Gasteiger charge is 2.13. The van der Waals surface area contributed by atoms with Crippen molar-refractivity contribution >= 4 is 27.3 Å². The van der Waals surface area contributed by atoms with E-state index in [1.165, 1.54) is 15.4 Å². The van der Waals surface area contributed by atoms with Crippen LogP contribution in [0.1, 0.15) is 27.1 Å². The Bertz CT molecular complexity index is 500. The minimum absolute atomic E-state index is 0.350. The molecular formula is C14H17BrN2S. The zero-order valence-electron chi connectivity index (χ0n) is 10.6. The summed E-state index contributed by atoms with van der Waals surface area (Å²) >= 11 is 5.23. The van der Waals surface area contributed by atoms with Gasteiger partial charge in [-0.15, -0.1) is 11.3 Å². The molecule has 1 heterocycles. The van der Waals surface area contributed by atoms with Crippen molar-refractivity contribution in [3.63, 3.8) is 0 Å². The fourth-order valence-electron chi connectivity index (χ4n) is 1.91. The Morgan fingerprint density at radius 1 is 1.28 bits per heavy atom. The van der Waals surface area contributed by atoms with Crippen molar-refractivity contribution in [3.8, 4) is 0 Å². The quantitative estimate of drug-likeness (QED) is 0.928. The van der Waals surface area contributed by atoms with Crippen LogP contribution < -0.4 is 5.73 Å². The van der Waals surface area contributed by atoms with E-state index >= 15 is 0 Å². The van der Waals surface area contributed by atoms with Gasteiger partial charge in [-0.05, 0) is 38.1 Å². The second kappa shape index (κ2) is 5.95. The first-order valence-corrected chi connectivity index (χ1v) is 7.59. The SMILES string of the molecule is Cc1nc(CC(CN)c2ccc(Br)cc2)sc1C. The van der Waals surface area contributed by atoms with Gasteiger partial charge >= 0.3 is 0 Å². The number of rotatable bonds is 4. The van der Waals surface area contributed by atoms with Crippen molar-refractivity contribution in [2.24, 2.45) is 5.73 Å². The molecule has 2 aromatic rings. The topological polar surface area (TPSA) is 38.9 Å². The second-order valence-electron chi connectivity index (χ2n) is 4.44. The molecule has 1 aromatic carbocycles. The van der Waals surface area contributed by atoms with Gasteiger partial charge < -0.3 is 5.73 Å². The van der Waals surface area contributed by atoms with Crippen molar-refractivity contribution in [3.05, 3.63) is 49.9 Å². The Hall–Kier alpha value is -0.710. The molecule has 0 radical (unpaired) electrons. The lowest BCUT2D eigenvalue weighted by atomic mass is 9.96. The average molecular weight is 325 g/mol. The van der Waals surface area contributed by atoms with Crippen LogP contribution in [0.15, 0.2) is 28.7 Å². The van der Waals surface area contributed by atoms with Crippen molar-refractivity contribution in [2.45, 2.75) is 26.2 Å². The van der Waals surface area contributed by atoms with Gasteiger partial charge in [0.15, 0.2) is 0 Å². The molecule has 2 N–H and O–H groups in total. The van der Waals surface area contributed by atoms with Gasteiger partial charge in [-0.3, -0.25) is 0 Å². The summed E-state index contributed by atoms with van der Waals surface area (Å²) in [6.07, 6.45) is 0.928. The summed E-state index contributed by atoms with van der Waals surface area (Å²) in [6, 6.07) is 8.40. The van der Waals surface area contributed by atoms with Gasteiger partial charge in [0.25, 0.3) is 0 Å². The van der Waals surface area contributed by atoms with E-state index < -0.39 is 0 Å². The molecule has 18 heavy (non-hydrogen) atoms. The van der Waals surface area contributed by atoms with Crippen LogP contribution in [0.3, 0.4) is 0 Å². The monoisotopic (exact) mass is 324 g/mol. The molecule has 0 amide bonds. The third-order valence-corrected chi connectivity index (χ3v) is 4.74. The van der Waals surface area contributed by atoms with Crippen molar-refractivity contribution in [1.29, 1.82) is 0 Å². The highest BCUT2D eigenvalue weighted by molar-refractivity contribution is 9.10. The fourth-order valence-corrected chi connectivity index (χ4v) is 3.19. The number of benzene rings is 1. The first kappa shape index (κ1) is 13.7. The minimum Gasteiger partial charge on any atom is -0.330 e. The number of hydrogen-bond acceptors (Lipinski definition) is 3. The van der Waals surface area contributed by atoms with E-state index in [0.29, 0.717) is 12.5 Å². The Kier molecular flexibility index (Phi) is 4.54. The molecule has 0 saturated heterocycles. The Morgan fingerprint density at radius 2 is 1.94 bits per heavy atom. The van der Waals surface area contributed by atoms with Gasteiger partial charge in [-0.2, -0.15) is 0 Å². The number of nitrogens with two attached hydrogens (primary N) is 1. The van der Waals surface area contributed by atoms with Gasteiger partial charge in [0.05, 0.1) is 10.7 Å². The normalized spacial score (nSPS) is 12.7. The maximum atomic E-state index is 5.90. The van der Waals surface area contributed by atoms with E-state index in [4.69, 9.17) is 5.73 Å². The highest BCUT2D eigenvalue weighted by Crippen LogP contribution is 2.25. The fraction of sp³-hybridized carbons (Fsp3) is 0.357. The largest absolute Gasteiger partial charge is 0.330 e. The number of hydrogen-bond donors (Lipinski definition) is 1. The summed E-state index contributed by atoms with van der Waals surface area (Å²) in [5, 5.41) is 1.18. The summed E-state index contributed by atoms with van der Waals surface area (Å²) in [5.41, 5.74) is 8.32. The van der Waals surface area contributed by atoms with Crippen LogP contribution in [0.25, 0.3) is 0 Å². The molecular weight excluding hydrogens is 308 g/mol.